The molecule has 2 rings (SSSR count). The summed E-state index contributed by atoms with van der Waals surface area (Å²) in [6.07, 6.45) is 3.42. The topological polar surface area (TPSA) is 69.0 Å². The molecule has 0 saturated heterocycles. The minimum Gasteiger partial charge on any atom is -0.462 e. The molecule has 0 aliphatic heterocycles. The van der Waals surface area contributed by atoms with Crippen LogP contribution in [0.15, 0.2) is 12.4 Å². The summed E-state index contributed by atoms with van der Waals surface area (Å²) in [4.78, 5) is 17.4. The predicted octanol–water partition coefficient (Wildman–Crippen LogP) is 2.21. The van der Waals surface area contributed by atoms with E-state index in [0.717, 1.165) is 10.7 Å². The number of nitrogens with one attached hydrogen (secondary N) is 1. The molecule has 7 heteroatoms. The minimum absolute atomic E-state index is 0.119. The lowest BCUT2D eigenvalue weighted by Gasteiger charge is -2.12. The van der Waals surface area contributed by atoms with E-state index in [0.29, 0.717) is 18.7 Å². The van der Waals surface area contributed by atoms with Gasteiger partial charge in [-0.1, -0.05) is 0 Å². The SMILES string of the molecule is CCOC(=O)c1cnn(C)c1CNC(C)c1ncc(C)s1. The van der Waals surface area contributed by atoms with Crippen molar-refractivity contribution in [3.8, 4) is 0 Å². The van der Waals surface area contributed by atoms with E-state index in [4.69, 9.17) is 4.74 Å². The predicted molar refractivity (Wildman–Crippen MR) is 81.3 cm³/mol. The molecule has 0 aliphatic carbocycles. The van der Waals surface area contributed by atoms with Gasteiger partial charge in [0, 0.05) is 24.7 Å². The summed E-state index contributed by atoms with van der Waals surface area (Å²) in [5, 5.41) is 8.54. The second-order valence-electron chi connectivity index (χ2n) is 4.76. The Morgan fingerprint density at radius 1 is 1.52 bits per heavy atom. The number of thiazole rings is 1. The Bertz CT molecular complexity index is 620. The summed E-state index contributed by atoms with van der Waals surface area (Å²) in [5.74, 6) is -0.333. The Labute approximate surface area is 128 Å². The Balaban J connectivity index is 2.06. The van der Waals surface area contributed by atoms with Crippen molar-refractivity contribution in [1.29, 1.82) is 0 Å². The van der Waals surface area contributed by atoms with E-state index >= 15 is 0 Å². The van der Waals surface area contributed by atoms with E-state index < -0.39 is 0 Å². The van der Waals surface area contributed by atoms with Gasteiger partial charge in [0.2, 0.25) is 0 Å². The molecule has 1 unspecified atom stereocenters. The van der Waals surface area contributed by atoms with Crippen LogP contribution >= 0.6 is 11.3 Å². The molecule has 0 amide bonds. The quantitative estimate of drug-likeness (QED) is 0.829. The lowest BCUT2D eigenvalue weighted by atomic mass is 10.2. The minimum atomic E-state index is -0.333. The van der Waals surface area contributed by atoms with Crippen molar-refractivity contribution in [3.63, 3.8) is 0 Å². The van der Waals surface area contributed by atoms with Gasteiger partial charge >= 0.3 is 5.97 Å². The molecule has 1 atom stereocenters. The van der Waals surface area contributed by atoms with Gasteiger partial charge in [-0.05, 0) is 20.8 Å². The number of aromatic nitrogens is 3. The number of ether oxygens (including phenoxy) is 1. The normalized spacial score (nSPS) is 12.4. The fourth-order valence-corrected chi connectivity index (χ4v) is 2.76. The Hall–Kier alpha value is -1.73. The van der Waals surface area contributed by atoms with Crippen LogP contribution in [0.3, 0.4) is 0 Å². The van der Waals surface area contributed by atoms with Crippen molar-refractivity contribution in [2.45, 2.75) is 33.4 Å². The van der Waals surface area contributed by atoms with Gasteiger partial charge in [-0.2, -0.15) is 5.10 Å². The molecule has 0 aromatic carbocycles. The van der Waals surface area contributed by atoms with Gasteiger partial charge in [0.15, 0.2) is 0 Å². The van der Waals surface area contributed by atoms with Crippen LogP contribution in [0, 0.1) is 6.92 Å². The maximum absolute atomic E-state index is 11.9. The van der Waals surface area contributed by atoms with Crippen LogP contribution in [0.4, 0.5) is 0 Å². The highest BCUT2D eigenvalue weighted by atomic mass is 32.1. The standard InChI is InChI=1S/C14H20N4O2S/c1-5-20-14(19)11-7-17-18(4)12(11)8-15-10(3)13-16-6-9(2)21-13/h6-7,10,15H,5,8H2,1-4H3. The van der Waals surface area contributed by atoms with E-state index in [1.54, 1.807) is 29.1 Å². The number of nitrogens with zero attached hydrogens (tertiary/aromatic N) is 3. The van der Waals surface area contributed by atoms with E-state index in [9.17, 15) is 4.79 Å². The fourth-order valence-electron chi connectivity index (χ4n) is 1.96. The van der Waals surface area contributed by atoms with Gasteiger partial charge in [-0.25, -0.2) is 9.78 Å². The van der Waals surface area contributed by atoms with Gasteiger partial charge in [0.05, 0.1) is 24.5 Å². The first-order valence-corrected chi connectivity index (χ1v) is 7.68. The maximum atomic E-state index is 11.9. The molecule has 6 nitrogen and oxygen atoms in total. The van der Waals surface area contributed by atoms with Crippen LogP contribution in [-0.2, 0) is 18.3 Å². The average Bonchev–Trinajstić information content (AvgIpc) is 3.03. The van der Waals surface area contributed by atoms with Crippen molar-refractivity contribution in [2.75, 3.05) is 6.61 Å². The van der Waals surface area contributed by atoms with Gasteiger partial charge in [0.1, 0.15) is 10.6 Å². The van der Waals surface area contributed by atoms with E-state index in [1.165, 1.54) is 4.88 Å². The lowest BCUT2D eigenvalue weighted by Crippen LogP contribution is -2.21. The smallest absolute Gasteiger partial charge is 0.341 e. The molecule has 21 heavy (non-hydrogen) atoms. The van der Waals surface area contributed by atoms with Gasteiger partial charge in [-0.15, -0.1) is 11.3 Å². The molecule has 114 valence electrons. The van der Waals surface area contributed by atoms with Crippen LogP contribution in [-0.4, -0.2) is 27.3 Å². The number of esters is 1. The first-order chi connectivity index (χ1) is 10.0. The third-order valence-electron chi connectivity index (χ3n) is 3.14. The number of aryl methyl sites for hydroxylation is 2. The van der Waals surface area contributed by atoms with Crippen molar-refractivity contribution >= 4 is 17.3 Å². The zero-order valence-electron chi connectivity index (χ0n) is 12.7. The molecule has 0 radical (unpaired) electrons. The van der Waals surface area contributed by atoms with Gasteiger partial charge in [-0.3, -0.25) is 4.68 Å². The molecule has 0 spiro atoms. The second-order valence-corrected chi connectivity index (χ2v) is 6.03. The molecule has 1 N–H and O–H groups in total. The molecular formula is C14H20N4O2S. The Morgan fingerprint density at radius 3 is 2.90 bits per heavy atom. The number of hydrogen-bond donors (Lipinski definition) is 1. The molecular weight excluding hydrogens is 288 g/mol. The molecule has 2 aromatic heterocycles. The Morgan fingerprint density at radius 2 is 2.29 bits per heavy atom. The molecule has 0 aliphatic rings. The number of hydrogen-bond acceptors (Lipinski definition) is 6. The first kappa shape index (κ1) is 15.7. The molecule has 0 bridgehead atoms. The van der Waals surface area contributed by atoms with Crippen LogP contribution in [0.1, 0.15) is 45.8 Å². The Kier molecular flexibility index (Phi) is 5.08. The van der Waals surface area contributed by atoms with E-state index in [2.05, 4.69) is 22.3 Å². The highest BCUT2D eigenvalue weighted by Crippen LogP contribution is 2.19. The fraction of sp³-hybridized carbons (Fsp3) is 0.500. The van der Waals surface area contributed by atoms with E-state index in [-0.39, 0.29) is 12.0 Å². The summed E-state index contributed by atoms with van der Waals surface area (Å²) in [6.45, 7) is 6.77. The monoisotopic (exact) mass is 308 g/mol. The molecule has 0 fully saturated rings. The molecule has 2 aromatic rings. The first-order valence-electron chi connectivity index (χ1n) is 6.86. The summed E-state index contributed by atoms with van der Waals surface area (Å²) in [5.41, 5.74) is 1.32. The zero-order chi connectivity index (χ0) is 15.4. The van der Waals surface area contributed by atoms with Crippen molar-refractivity contribution < 1.29 is 9.53 Å². The summed E-state index contributed by atoms with van der Waals surface area (Å²) >= 11 is 1.67. The number of carbonyl (C=O) groups is 1. The lowest BCUT2D eigenvalue weighted by molar-refractivity contribution is 0.0524. The molecule has 0 saturated carbocycles. The summed E-state index contributed by atoms with van der Waals surface area (Å²) in [7, 11) is 1.82. The third kappa shape index (κ3) is 3.68. The van der Waals surface area contributed by atoms with Crippen LogP contribution in [0.25, 0.3) is 0 Å². The van der Waals surface area contributed by atoms with Crippen LogP contribution < -0.4 is 5.32 Å². The summed E-state index contributed by atoms with van der Waals surface area (Å²) in [6, 6.07) is 0.119. The van der Waals surface area contributed by atoms with Crippen molar-refractivity contribution in [2.24, 2.45) is 7.05 Å². The third-order valence-corrected chi connectivity index (χ3v) is 4.24. The van der Waals surface area contributed by atoms with Crippen molar-refractivity contribution in [1.82, 2.24) is 20.1 Å². The van der Waals surface area contributed by atoms with Gasteiger partial charge in [0.25, 0.3) is 0 Å². The summed E-state index contributed by atoms with van der Waals surface area (Å²) < 4.78 is 6.74. The van der Waals surface area contributed by atoms with Gasteiger partial charge < -0.3 is 10.1 Å². The van der Waals surface area contributed by atoms with Crippen molar-refractivity contribution in [3.05, 3.63) is 33.5 Å². The molecule has 2 heterocycles. The largest absolute Gasteiger partial charge is 0.462 e. The van der Waals surface area contributed by atoms with Crippen LogP contribution in [0.5, 0.6) is 0 Å². The number of rotatable bonds is 6. The zero-order valence-corrected chi connectivity index (χ0v) is 13.5. The highest BCUT2D eigenvalue weighted by Gasteiger charge is 2.18. The average molecular weight is 308 g/mol. The highest BCUT2D eigenvalue weighted by molar-refractivity contribution is 7.11. The number of carbonyl (C=O) groups excluding carboxylic acids is 1. The maximum Gasteiger partial charge on any atom is 0.341 e. The van der Waals surface area contributed by atoms with Crippen LogP contribution in [0.2, 0.25) is 0 Å². The van der Waals surface area contributed by atoms with E-state index in [1.807, 2.05) is 20.2 Å². The second kappa shape index (κ2) is 6.82.